The van der Waals surface area contributed by atoms with Gasteiger partial charge in [-0.15, -0.1) is 0 Å². The quantitative estimate of drug-likeness (QED) is 0.333. The minimum absolute atomic E-state index is 0.0821. The number of amides is 1. The maximum Gasteiger partial charge on any atom is 0.299 e. The summed E-state index contributed by atoms with van der Waals surface area (Å²) in [6, 6.07) is 11.9. The Morgan fingerprint density at radius 3 is 2.62 bits per heavy atom. The fraction of sp³-hybridized carbons (Fsp3) is 0.276. The van der Waals surface area contributed by atoms with Crippen LogP contribution in [0.2, 0.25) is 0 Å². The highest BCUT2D eigenvalue weighted by molar-refractivity contribution is 5.94. The molecule has 1 amide bonds. The molecule has 7 nitrogen and oxygen atoms in total. The molecule has 2 aromatic heterocycles. The van der Waals surface area contributed by atoms with Gasteiger partial charge in [0.15, 0.2) is 11.5 Å². The van der Waals surface area contributed by atoms with Crippen LogP contribution in [0.25, 0.3) is 16.8 Å². The van der Waals surface area contributed by atoms with Gasteiger partial charge in [0.2, 0.25) is 5.82 Å². The lowest BCUT2D eigenvalue weighted by molar-refractivity contribution is -0.126. The summed E-state index contributed by atoms with van der Waals surface area (Å²) >= 11 is 0. The van der Waals surface area contributed by atoms with Crippen LogP contribution in [0.4, 0.5) is 4.39 Å². The molecule has 2 aromatic carbocycles. The van der Waals surface area contributed by atoms with E-state index >= 15 is 0 Å². The van der Waals surface area contributed by atoms with Gasteiger partial charge in [-0.3, -0.25) is 14.2 Å². The van der Waals surface area contributed by atoms with Gasteiger partial charge in [-0.2, -0.15) is 4.39 Å². The molecule has 0 aliphatic carbocycles. The van der Waals surface area contributed by atoms with Crippen LogP contribution in [-0.2, 0) is 4.79 Å². The van der Waals surface area contributed by atoms with Crippen LogP contribution in [0, 0.1) is 31.5 Å². The molecule has 0 N–H and O–H groups in total. The Hall–Kier alpha value is -4.38. The van der Waals surface area contributed by atoms with Gasteiger partial charge in [0.05, 0.1) is 30.1 Å². The van der Waals surface area contributed by atoms with E-state index in [1.54, 1.807) is 37.3 Å². The minimum atomic E-state index is -0.556. The Labute approximate surface area is 214 Å². The number of nitrogens with zero attached hydrogens (tertiary/aromatic N) is 4. The van der Waals surface area contributed by atoms with Crippen molar-refractivity contribution in [2.24, 2.45) is 0 Å². The van der Waals surface area contributed by atoms with Gasteiger partial charge in [-0.05, 0) is 75.9 Å². The third kappa shape index (κ3) is 4.38. The van der Waals surface area contributed by atoms with Crippen molar-refractivity contribution in [1.82, 2.24) is 19.3 Å². The number of halogens is 1. The number of methoxy groups -OCH3 is 1. The Bertz CT molecular complexity index is 1550. The molecule has 1 atom stereocenters. The number of imidazole rings is 1. The van der Waals surface area contributed by atoms with Crippen molar-refractivity contribution in [2.75, 3.05) is 13.7 Å². The topological polar surface area (TPSA) is 69.0 Å². The van der Waals surface area contributed by atoms with Gasteiger partial charge in [0.1, 0.15) is 11.6 Å². The van der Waals surface area contributed by atoms with E-state index in [4.69, 9.17) is 14.5 Å². The first-order valence-corrected chi connectivity index (χ1v) is 12.1. The van der Waals surface area contributed by atoms with Gasteiger partial charge in [-0.25, -0.2) is 4.98 Å². The summed E-state index contributed by atoms with van der Waals surface area (Å²) in [5.41, 5.74) is 4.29. The molecule has 1 saturated heterocycles. The molecule has 1 fully saturated rings. The zero-order chi connectivity index (χ0) is 26.1. The molecule has 4 aromatic rings. The number of carbonyl (C=O) groups excluding carboxylic acids is 1. The van der Waals surface area contributed by atoms with Crippen LogP contribution in [0.15, 0.2) is 48.7 Å². The fourth-order valence-corrected chi connectivity index (χ4v) is 4.85. The number of aryl methyl sites for hydroxylation is 2. The van der Waals surface area contributed by atoms with E-state index in [2.05, 4.69) is 21.2 Å². The normalized spacial score (nSPS) is 14.9. The fourth-order valence-electron chi connectivity index (χ4n) is 4.85. The molecule has 8 heteroatoms. The first-order valence-electron chi connectivity index (χ1n) is 12.1. The van der Waals surface area contributed by atoms with Crippen molar-refractivity contribution in [3.63, 3.8) is 0 Å². The predicted octanol–water partition coefficient (Wildman–Crippen LogP) is 5.64. The van der Waals surface area contributed by atoms with Crippen LogP contribution in [0.5, 0.6) is 17.2 Å². The molecule has 5 rings (SSSR count). The van der Waals surface area contributed by atoms with E-state index in [0.717, 1.165) is 46.8 Å². The van der Waals surface area contributed by atoms with Crippen LogP contribution in [0.3, 0.4) is 0 Å². The maximum absolute atomic E-state index is 14.5. The monoisotopic (exact) mass is 498 g/mol. The van der Waals surface area contributed by atoms with E-state index in [-0.39, 0.29) is 23.4 Å². The maximum atomic E-state index is 14.5. The second-order valence-corrected chi connectivity index (χ2v) is 8.92. The van der Waals surface area contributed by atoms with E-state index in [1.807, 2.05) is 37.1 Å². The molecule has 1 aliphatic heterocycles. The van der Waals surface area contributed by atoms with Crippen molar-refractivity contribution >= 4 is 11.4 Å². The van der Waals surface area contributed by atoms with Crippen LogP contribution < -0.4 is 9.47 Å². The summed E-state index contributed by atoms with van der Waals surface area (Å²) in [6.07, 6.45) is 3.53. The van der Waals surface area contributed by atoms with Crippen LogP contribution in [-0.4, -0.2) is 38.8 Å². The van der Waals surface area contributed by atoms with Crippen molar-refractivity contribution in [2.45, 2.75) is 39.7 Å². The highest BCUT2D eigenvalue weighted by Crippen LogP contribution is 2.37. The number of rotatable bonds is 5. The van der Waals surface area contributed by atoms with Crippen molar-refractivity contribution < 1.29 is 18.7 Å². The molecule has 188 valence electrons. The van der Waals surface area contributed by atoms with Crippen molar-refractivity contribution in [3.8, 4) is 40.3 Å². The minimum Gasteiger partial charge on any atom is -0.494 e. The van der Waals surface area contributed by atoms with E-state index < -0.39 is 5.82 Å². The van der Waals surface area contributed by atoms with Gasteiger partial charge in [-0.1, -0.05) is 12.0 Å². The van der Waals surface area contributed by atoms with Gasteiger partial charge in [0, 0.05) is 24.0 Å². The molecule has 1 aliphatic rings. The zero-order valence-corrected chi connectivity index (χ0v) is 21.2. The lowest BCUT2D eigenvalue weighted by Crippen LogP contribution is -2.30. The lowest BCUT2D eigenvalue weighted by atomic mass is 10.1. The largest absolute Gasteiger partial charge is 0.494 e. The lowest BCUT2D eigenvalue weighted by Gasteiger charge is -2.22. The summed E-state index contributed by atoms with van der Waals surface area (Å²) in [5, 5.41) is 0. The molecule has 3 heterocycles. The summed E-state index contributed by atoms with van der Waals surface area (Å²) in [7, 11) is 1.41. The number of fused-ring (bicyclic) bond motifs is 1. The third-order valence-corrected chi connectivity index (χ3v) is 6.59. The number of likely N-dealkylation sites (tertiary alicyclic amines) is 1. The number of aromatic nitrogens is 3. The average Bonchev–Trinajstić information content (AvgIpc) is 3.54. The highest BCUT2D eigenvalue weighted by atomic mass is 19.1. The third-order valence-electron chi connectivity index (χ3n) is 6.59. The molecular formula is C29H27FN4O3. The standard InChI is InChI=1S/C29H27FN4O3/c1-5-8-25(35)33-16-7-9-22(33)29-32-27(28-19(3)31-17-18(2)34(28)29)20-12-14-21(15-13-20)37-24-11-6-10-23(36-4)26(24)30/h6,10-15,17,22H,7,9,16H2,1-4H3. The average molecular weight is 499 g/mol. The molecule has 0 bridgehead atoms. The van der Waals surface area contributed by atoms with Crippen molar-refractivity contribution in [3.05, 3.63) is 71.7 Å². The van der Waals surface area contributed by atoms with Gasteiger partial charge in [0.25, 0.3) is 5.91 Å². The van der Waals surface area contributed by atoms with Gasteiger partial charge < -0.3 is 14.4 Å². The number of carbonyl (C=O) groups is 1. The van der Waals surface area contributed by atoms with E-state index in [1.165, 1.54) is 7.11 Å². The number of benzene rings is 2. The Balaban J connectivity index is 1.55. The van der Waals surface area contributed by atoms with E-state index in [0.29, 0.717) is 12.3 Å². The van der Waals surface area contributed by atoms with Crippen molar-refractivity contribution in [1.29, 1.82) is 0 Å². The molecule has 0 saturated carbocycles. The summed E-state index contributed by atoms with van der Waals surface area (Å²) in [5.74, 6) is 6.14. The SMILES string of the molecule is CC#CC(=O)N1CCCC1c1nc(-c2ccc(Oc3cccc(OC)c3F)cc2)c2c(C)ncc(C)n12. The zero-order valence-electron chi connectivity index (χ0n) is 21.2. The van der Waals surface area contributed by atoms with Crippen LogP contribution in [0.1, 0.15) is 43.0 Å². The molecule has 37 heavy (non-hydrogen) atoms. The Kier molecular flexibility index (Phi) is 6.53. The number of hydrogen-bond donors (Lipinski definition) is 0. The number of hydrogen-bond acceptors (Lipinski definition) is 5. The summed E-state index contributed by atoms with van der Waals surface area (Å²) in [4.78, 5) is 24.2. The van der Waals surface area contributed by atoms with E-state index in [9.17, 15) is 9.18 Å². The highest BCUT2D eigenvalue weighted by Gasteiger charge is 2.34. The predicted molar refractivity (Wildman–Crippen MR) is 138 cm³/mol. The Morgan fingerprint density at radius 1 is 1.14 bits per heavy atom. The first-order chi connectivity index (χ1) is 17.9. The number of ether oxygens (including phenoxy) is 2. The first kappa shape index (κ1) is 24.3. The second-order valence-electron chi connectivity index (χ2n) is 8.92. The van der Waals surface area contributed by atoms with Gasteiger partial charge >= 0.3 is 0 Å². The smallest absolute Gasteiger partial charge is 0.299 e. The molecular weight excluding hydrogens is 471 g/mol. The molecule has 0 spiro atoms. The molecule has 1 unspecified atom stereocenters. The van der Waals surface area contributed by atoms with Crippen LogP contribution >= 0.6 is 0 Å². The summed E-state index contributed by atoms with van der Waals surface area (Å²) in [6.45, 7) is 6.26. The summed E-state index contributed by atoms with van der Waals surface area (Å²) < 4.78 is 27.5. The second kappa shape index (κ2) is 9.94. The Morgan fingerprint density at radius 2 is 1.89 bits per heavy atom. The molecule has 0 radical (unpaired) electrons.